The molecule has 0 spiro atoms. The molecule has 0 aliphatic carbocycles. The predicted octanol–water partition coefficient (Wildman–Crippen LogP) is 2.71. The number of ether oxygens (including phenoxy) is 1. The Hall–Kier alpha value is -0.730. The molecule has 1 N–H and O–H groups in total. The van der Waals surface area contributed by atoms with Crippen molar-refractivity contribution in [2.45, 2.75) is 20.0 Å². The van der Waals surface area contributed by atoms with E-state index in [9.17, 15) is 5.11 Å². The van der Waals surface area contributed by atoms with E-state index in [0.29, 0.717) is 10.8 Å². The van der Waals surface area contributed by atoms with Crippen LogP contribution in [0.4, 0.5) is 0 Å². The molecule has 1 rings (SSSR count). The van der Waals surface area contributed by atoms with Crippen molar-refractivity contribution >= 4 is 11.6 Å². The lowest BCUT2D eigenvalue weighted by molar-refractivity contribution is 0.193. The predicted molar refractivity (Wildman–Crippen MR) is 53.4 cm³/mol. The summed E-state index contributed by atoms with van der Waals surface area (Å²) in [5, 5.41) is 10.0. The molecule has 0 aliphatic heterocycles. The molecule has 13 heavy (non-hydrogen) atoms. The number of methoxy groups -OCH3 is 1. The van der Waals surface area contributed by atoms with Crippen LogP contribution in [0.25, 0.3) is 0 Å². The van der Waals surface area contributed by atoms with Crippen molar-refractivity contribution in [3.05, 3.63) is 28.3 Å². The summed E-state index contributed by atoms with van der Waals surface area (Å²) >= 11 is 5.91. The van der Waals surface area contributed by atoms with Crippen LogP contribution < -0.4 is 4.74 Å². The van der Waals surface area contributed by atoms with Crippen LogP contribution in [0.3, 0.4) is 0 Å². The summed E-state index contributed by atoms with van der Waals surface area (Å²) < 4.78 is 5.13. The summed E-state index contributed by atoms with van der Waals surface area (Å²) in [5.74, 6) is 0.566. The Labute approximate surface area is 83.1 Å². The number of hydrogen-bond acceptors (Lipinski definition) is 2. The first-order chi connectivity index (χ1) is 6.07. The van der Waals surface area contributed by atoms with Gasteiger partial charge in [0.2, 0.25) is 0 Å². The number of benzene rings is 1. The molecule has 2 nitrogen and oxygen atoms in total. The molecule has 72 valence electrons. The Kier molecular flexibility index (Phi) is 3.17. The fourth-order valence-corrected chi connectivity index (χ4v) is 1.64. The number of aliphatic hydroxyl groups is 1. The molecular formula is C10H13ClO2. The van der Waals surface area contributed by atoms with Crippen LogP contribution in [0.1, 0.15) is 24.2 Å². The van der Waals surface area contributed by atoms with Gasteiger partial charge in [-0.2, -0.15) is 0 Å². The first kappa shape index (κ1) is 10.4. The van der Waals surface area contributed by atoms with Gasteiger partial charge in [0.25, 0.3) is 0 Å². The van der Waals surface area contributed by atoms with E-state index in [0.717, 1.165) is 11.1 Å². The van der Waals surface area contributed by atoms with Gasteiger partial charge in [0.15, 0.2) is 0 Å². The van der Waals surface area contributed by atoms with Gasteiger partial charge in [-0.3, -0.25) is 0 Å². The fraction of sp³-hybridized carbons (Fsp3) is 0.400. The Bertz CT molecular complexity index is 308. The number of halogens is 1. The average Bonchev–Trinajstić information content (AvgIpc) is 2.07. The van der Waals surface area contributed by atoms with E-state index in [1.165, 1.54) is 0 Å². The number of aliphatic hydroxyl groups excluding tert-OH is 1. The molecule has 0 aliphatic rings. The molecule has 1 unspecified atom stereocenters. The quantitative estimate of drug-likeness (QED) is 0.796. The van der Waals surface area contributed by atoms with Crippen molar-refractivity contribution in [2.75, 3.05) is 7.11 Å². The van der Waals surface area contributed by atoms with Gasteiger partial charge in [-0.25, -0.2) is 0 Å². The maximum atomic E-state index is 9.50. The van der Waals surface area contributed by atoms with Gasteiger partial charge in [0, 0.05) is 5.56 Å². The highest BCUT2D eigenvalue weighted by molar-refractivity contribution is 6.32. The van der Waals surface area contributed by atoms with Crippen molar-refractivity contribution in [3.63, 3.8) is 0 Å². The van der Waals surface area contributed by atoms with Gasteiger partial charge >= 0.3 is 0 Å². The molecule has 1 aromatic carbocycles. The SMILES string of the molecule is COc1c(Cl)ccc(C)c1C(C)O. The molecule has 0 fully saturated rings. The van der Waals surface area contributed by atoms with Gasteiger partial charge < -0.3 is 9.84 Å². The third kappa shape index (κ3) is 1.95. The zero-order valence-electron chi connectivity index (χ0n) is 7.97. The van der Waals surface area contributed by atoms with Crippen LogP contribution >= 0.6 is 11.6 Å². The molecule has 0 heterocycles. The second-order valence-corrected chi connectivity index (χ2v) is 3.39. The van der Waals surface area contributed by atoms with Crippen LogP contribution in [0.15, 0.2) is 12.1 Å². The second-order valence-electron chi connectivity index (χ2n) is 2.99. The molecule has 1 atom stereocenters. The van der Waals surface area contributed by atoms with Crippen LogP contribution in [-0.4, -0.2) is 12.2 Å². The summed E-state index contributed by atoms with van der Waals surface area (Å²) in [6, 6.07) is 3.63. The summed E-state index contributed by atoms with van der Waals surface area (Å²) in [5.41, 5.74) is 1.74. The summed E-state index contributed by atoms with van der Waals surface area (Å²) in [6.07, 6.45) is -0.561. The number of hydrogen-bond donors (Lipinski definition) is 1. The van der Waals surface area contributed by atoms with Crippen molar-refractivity contribution < 1.29 is 9.84 Å². The molecule has 0 bridgehead atoms. The maximum absolute atomic E-state index is 9.50. The number of aryl methyl sites for hydroxylation is 1. The average molecular weight is 201 g/mol. The summed E-state index contributed by atoms with van der Waals surface area (Å²) in [7, 11) is 1.55. The normalized spacial score (nSPS) is 12.7. The fourth-order valence-electron chi connectivity index (χ4n) is 1.40. The van der Waals surface area contributed by atoms with Gasteiger partial charge in [-0.05, 0) is 25.5 Å². The van der Waals surface area contributed by atoms with E-state index in [2.05, 4.69) is 0 Å². The first-order valence-electron chi connectivity index (χ1n) is 4.09. The molecule has 0 saturated heterocycles. The lowest BCUT2D eigenvalue weighted by atomic mass is 10.0. The van der Waals surface area contributed by atoms with E-state index in [-0.39, 0.29) is 0 Å². The van der Waals surface area contributed by atoms with Crippen LogP contribution in [0.5, 0.6) is 5.75 Å². The Balaban J connectivity index is 3.35. The third-order valence-electron chi connectivity index (χ3n) is 1.99. The molecule has 0 amide bonds. The van der Waals surface area contributed by atoms with Crippen LogP contribution in [0.2, 0.25) is 5.02 Å². The van der Waals surface area contributed by atoms with E-state index < -0.39 is 6.10 Å². The van der Waals surface area contributed by atoms with Gasteiger partial charge in [-0.15, -0.1) is 0 Å². The van der Waals surface area contributed by atoms with Crippen molar-refractivity contribution in [1.82, 2.24) is 0 Å². The van der Waals surface area contributed by atoms with Crippen molar-refractivity contribution in [3.8, 4) is 5.75 Å². The molecule has 3 heteroatoms. The van der Waals surface area contributed by atoms with E-state index in [1.54, 1.807) is 20.1 Å². The lowest BCUT2D eigenvalue weighted by Crippen LogP contribution is -2.00. The highest BCUT2D eigenvalue weighted by Gasteiger charge is 2.14. The highest BCUT2D eigenvalue weighted by atomic mass is 35.5. The lowest BCUT2D eigenvalue weighted by Gasteiger charge is -2.15. The van der Waals surface area contributed by atoms with E-state index >= 15 is 0 Å². The Morgan fingerprint density at radius 3 is 2.46 bits per heavy atom. The molecule has 1 aromatic rings. The van der Waals surface area contributed by atoms with E-state index in [1.807, 2.05) is 13.0 Å². The molecule has 0 saturated carbocycles. The minimum absolute atomic E-state index is 0.531. The smallest absolute Gasteiger partial charge is 0.143 e. The molecular weight excluding hydrogens is 188 g/mol. The highest BCUT2D eigenvalue weighted by Crippen LogP contribution is 2.34. The standard InChI is InChI=1S/C10H13ClO2/c1-6-4-5-8(11)10(13-3)9(6)7(2)12/h4-5,7,12H,1-3H3. The summed E-state index contributed by atoms with van der Waals surface area (Å²) in [6.45, 7) is 3.61. The monoisotopic (exact) mass is 200 g/mol. The van der Waals surface area contributed by atoms with Crippen LogP contribution in [0, 0.1) is 6.92 Å². The zero-order chi connectivity index (χ0) is 10.0. The third-order valence-corrected chi connectivity index (χ3v) is 2.29. The topological polar surface area (TPSA) is 29.5 Å². The largest absolute Gasteiger partial charge is 0.495 e. The van der Waals surface area contributed by atoms with Crippen molar-refractivity contribution in [2.24, 2.45) is 0 Å². The van der Waals surface area contributed by atoms with Gasteiger partial charge in [-0.1, -0.05) is 17.7 Å². The van der Waals surface area contributed by atoms with Gasteiger partial charge in [0.1, 0.15) is 5.75 Å². The Morgan fingerprint density at radius 2 is 2.08 bits per heavy atom. The molecule has 0 radical (unpaired) electrons. The van der Waals surface area contributed by atoms with Crippen LogP contribution in [-0.2, 0) is 0 Å². The minimum atomic E-state index is -0.561. The number of rotatable bonds is 2. The first-order valence-corrected chi connectivity index (χ1v) is 4.46. The maximum Gasteiger partial charge on any atom is 0.143 e. The zero-order valence-corrected chi connectivity index (χ0v) is 8.72. The van der Waals surface area contributed by atoms with Crippen molar-refractivity contribution in [1.29, 1.82) is 0 Å². The minimum Gasteiger partial charge on any atom is -0.495 e. The molecule has 0 aromatic heterocycles. The summed E-state index contributed by atoms with van der Waals surface area (Å²) in [4.78, 5) is 0. The second kappa shape index (κ2) is 3.99. The Morgan fingerprint density at radius 1 is 1.46 bits per heavy atom. The van der Waals surface area contributed by atoms with E-state index in [4.69, 9.17) is 16.3 Å². The van der Waals surface area contributed by atoms with Gasteiger partial charge in [0.05, 0.1) is 18.2 Å².